The van der Waals surface area contributed by atoms with Crippen molar-refractivity contribution in [3.63, 3.8) is 0 Å². The van der Waals surface area contributed by atoms with E-state index >= 15 is 0 Å². The van der Waals surface area contributed by atoms with Gasteiger partial charge in [-0.1, -0.05) is 17.3 Å². The van der Waals surface area contributed by atoms with Crippen LogP contribution in [0.2, 0.25) is 0 Å². The molecule has 2 aromatic rings. The summed E-state index contributed by atoms with van der Waals surface area (Å²) in [5.74, 6) is -2.46. The van der Waals surface area contributed by atoms with Crippen LogP contribution in [0.1, 0.15) is 47.1 Å². The maximum atomic E-state index is 13.1. The quantitative estimate of drug-likeness (QED) is 0.430. The second-order valence-electron chi connectivity index (χ2n) is 7.29. The van der Waals surface area contributed by atoms with Crippen LogP contribution in [-0.2, 0) is 27.5 Å². The second-order valence-corrected chi connectivity index (χ2v) is 7.29. The molecule has 4 N–H and O–H groups in total. The average molecular weight is 428 g/mol. The van der Waals surface area contributed by atoms with Gasteiger partial charge < -0.3 is 15.5 Å². The third-order valence-corrected chi connectivity index (χ3v) is 5.23. The maximum absolute atomic E-state index is 13.1. The van der Waals surface area contributed by atoms with E-state index in [0.29, 0.717) is 16.9 Å². The number of aliphatic carboxylic acids is 1. The molecule has 2 unspecified atom stereocenters. The Kier molecular flexibility index (Phi) is 5.38. The van der Waals surface area contributed by atoms with Crippen molar-refractivity contribution in [1.29, 1.82) is 0 Å². The van der Waals surface area contributed by atoms with Crippen molar-refractivity contribution in [3.8, 4) is 0 Å². The predicted octanol–water partition coefficient (Wildman–Crippen LogP) is -0.383. The molecule has 1 saturated heterocycles. The Hall–Kier alpha value is -3.80. The fourth-order valence-corrected chi connectivity index (χ4v) is 3.75. The predicted molar refractivity (Wildman–Crippen MR) is 103 cm³/mol. The number of carbonyl (C=O) groups is 4. The van der Waals surface area contributed by atoms with E-state index in [9.17, 15) is 24.3 Å². The summed E-state index contributed by atoms with van der Waals surface area (Å²) in [5, 5.41) is 32.6. The summed E-state index contributed by atoms with van der Waals surface area (Å²) in [6.07, 6.45) is 0.455. The number of nitrogens with one attached hydrogen (secondary N) is 2. The van der Waals surface area contributed by atoms with Crippen molar-refractivity contribution in [2.24, 2.45) is 0 Å². The van der Waals surface area contributed by atoms with E-state index in [1.54, 1.807) is 24.4 Å². The molecule has 1 fully saturated rings. The number of amides is 3. The molecule has 0 aliphatic carbocycles. The van der Waals surface area contributed by atoms with Gasteiger partial charge in [0.05, 0.1) is 31.3 Å². The van der Waals surface area contributed by atoms with Gasteiger partial charge in [-0.05, 0) is 12.5 Å². The van der Waals surface area contributed by atoms with Gasteiger partial charge in [0.2, 0.25) is 11.8 Å². The number of hydrogen-bond acceptors (Lipinski definition) is 8. The Balaban J connectivity index is 1.50. The van der Waals surface area contributed by atoms with Gasteiger partial charge in [-0.2, -0.15) is 0 Å². The number of anilines is 1. The molecule has 2 aliphatic rings. The Morgan fingerprint density at radius 2 is 2.10 bits per heavy atom. The molecular formula is C19H20N6O6. The molecule has 3 amide bonds. The number of carboxylic acids is 1. The molecule has 12 nitrogen and oxygen atoms in total. The third-order valence-electron chi connectivity index (χ3n) is 5.23. The zero-order valence-corrected chi connectivity index (χ0v) is 16.3. The number of aliphatic hydroxyl groups is 1. The van der Waals surface area contributed by atoms with E-state index in [4.69, 9.17) is 5.11 Å². The van der Waals surface area contributed by atoms with Crippen LogP contribution in [-0.4, -0.2) is 59.8 Å². The molecule has 12 heteroatoms. The summed E-state index contributed by atoms with van der Waals surface area (Å²) in [4.78, 5) is 48.5. The number of fused-ring (bicyclic) bond motifs is 1. The van der Waals surface area contributed by atoms with Gasteiger partial charge in [-0.25, -0.2) is 0 Å². The highest BCUT2D eigenvalue weighted by atomic mass is 16.4. The number of carbonyl (C=O) groups excluding carboxylic acids is 3. The molecule has 0 saturated carbocycles. The maximum Gasteiger partial charge on any atom is 0.305 e. The molecule has 1 aromatic heterocycles. The van der Waals surface area contributed by atoms with E-state index in [2.05, 4.69) is 20.9 Å². The lowest BCUT2D eigenvalue weighted by molar-refractivity contribution is -0.140. The van der Waals surface area contributed by atoms with Crippen molar-refractivity contribution in [2.45, 2.75) is 44.6 Å². The van der Waals surface area contributed by atoms with Crippen molar-refractivity contribution in [1.82, 2.24) is 25.2 Å². The van der Waals surface area contributed by atoms with Crippen LogP contribution in [0.15, 0.2) is 24.4 Å². The van der Waals surface area contributed by atoms with Crippen LogP contribution in [0.25, 0.3) is 0 Å². The lowest BCUT2D eigenvalue weighted by atomic mass is 10.0. The molecule has 0 bridgehead atoms. The first-order valence-corrected chi connectivity index (χ1v) is 9.67. The number of hydrogen-bond donors (Lipinski definition) is 4. The smallest absolute Gasteiger partial charge is 0.305 e. The fourth-order valence-electron chi connectivity index (χ4n) is 3.75. The number of imide groups is 1. The summed E-state index contributed by atoms with van der Waals surface area (Å²) in [6, 6.07) is 4.02. The summed E-state index contributed by atoms with van der Waals surface area (Å²) >= 11 is 0. The largest absolute Gasteiger partial charge is 0.481 e. The van der Waals surface area contributed by atoms with E-state index in [1.807, 2.05) is 0 Å². The first-order chi connectivity index (χ1) is 14.8. The number of nitrogens with zero attached hydrogens (tertiary/aromatic N) is 4. The van der Waals surface area contributed by atoms with Crippen molar-refractivity contribution in [3.05, 3.63) is 41.2 Å². The molecule has 2 atom stereocenters. The van der Waals surface area contributed by atoms with Gasteiger partial charge in [0.15, 0.2) is 6.23 Å². The van der Waals surface area contributed by atoms with E-state index < -0.39 is 36.0 Å². The third kappa shape index (κ3) is 3.97. The standard InChI is InChI=1S/C19H20N6O6/c26-14-5-4-13(17(29)21-14)25-18(30)11-2-1-3-12(16(11)19(25)31)20-8-10-9-24(23-22-10)7-6-15(27)28/h1-3,9,13,18,20,30H,4-8H2,(H,27,28)(H,21,26,29). The number of benzene rings is 1. The Morgan fingerprint density at radius 1 is 1.29 bits per heavy atom. The van der Waals surface area contributed by atoms with Gasteiger partial charge in [0, 0.05) is 17.7 Å². The number of carboxylic acid groups (broad SMARTS) is 1. The normalized spacial score (nSPS) is 20.5. The number of piperidine rings is 1. The highest BCUT2D eigenvalue weighted by molar-refractivity contribution is 6.08. The van der Waals surface area contributed by atoms with Crippen molar-refractivity contribution in [2.75, 3.05) is 5.32 Å². The highest BCUT2D eigenvalue weighted by Crippen LogP contribution is 2.38. The lowest BCUT2D eigenvalue weighted by Crippen LogP contribution is -2.53. The second kappa shape index (κ2) is 8.14. The molecular weight excluding hydrogens is 408 g/mol. The van der Waals surface area contributed by atoms with Crippen LogP contribution >= 0.6 is 0 Å². The summed E-state index contributed by atoms with van der Waals surface area (Å²) < 4.78 is 1.42. The Bertz CT molecular complexity index is 1070. The van der Waals surface area contributed by atoms with Crippen molar-refractivity contribution < 1.29 is 29.4 Å². The highest BCUT2D eigenvalue weighted by Gasteiger charge is 2.45. The van der Waals surface area contributed by atoms with Crippen LogP contribution in [0.5, 0.6) is 0 Å². The molecule has 0 spiro atoms. The molecule has 3 heterocycles. The van der Waals surface area contributed by atoms with Gasteiger partial charge >= 0.3 is 5.97 Å². The topological polar surface area (TPSA) is 167 Å². The van der Waals surface area contributed by atoms with Gasteiger partial charge in [-0.15, -0.1) is 5.10 Å². The number of rotatable bonds is 7. The summed E-state index contributed by atoms with van der Waals surface area (Å²) in [5.41, 5.74) is 1.61. The minimum atomic E-state index is -1.30. The van der Waals surface area contributed by atoms with Crippen LogP contribution in [0.4, 0.5) is 5.69 Å². The van der Waals surface area contributed by atoms with Gasteiger partial charge in [-0.3, -0.25) is 34.1 Å². The minimum absolute atomic E-state index is 0.0784. The van der Waals surface area contributed by atoms with Crippen LogP contribution < -0.4 is 10.6 Å². The zero-order valence-electron chi connectivity index (χ0n) is 16.3. The monoisotopic (exact) mass is 428 g/mol. The van der Waals surface area contributed by atoms with E-state index in [-0.39, 0.29) is 37.9 Å². The van der Waals surface area contributed by atoms with E-state index in [0.717, 1.165) is 4.90 Å². The SMILES string of the molecule is O=C(O)CCn1cc(CNc2cccc3c2C(=O)N(C2CCC(=O)NC2=O)C3O)nn1. The number of aromatic nitrogens is 3. The summed E-state index contributed by atoms with van der Waals surface area (Å²) in [6.45, 7) is 0.403. The Labute approximate surface area is 175 Å². The number of aliphatic hydroxyl groups excluding tert-OH is 1. The first kappa shape index (κ1) is 20.5. The van der Waals surface area contributed by atoms with Crippen LogP contribution in [0, 0.1) is 0 Å². The fraction of sp³-hybridized carbons (Fsp3) is 0.368. The Morgan fingerprint density at radius 3 is 2.84 bits per heavy atom. The number of aryl methyl sites for hydroxylation is 1. The van der Waals surface area contributed by atoms with Crippen molar-refractivity contribution >= 4 is 29.4 Å². The van der Waals surface area contributed by atoms with E-state index in [1.165, 1.54) is 4.68 Å². The molecule has 4 rings (SSSR count). The minimum Gasteiger partial charge on any atom is -0.481 e. The zero-order chi connectivity index (χ0) is 22.1. The van der Waals surface area contributed by atoms with Crippen LogP contribution in [0.3, 0.4) is 0 Å². The average Bonchev–Trinajstić information content (AvgIpc) is 3.29. The molecule has 31 heavy (non-hydrogen) atoms. The van der Waals surface area contributed by atoms with Gasteiger partial charge in [0.1, 0.15) is 11.7 Å². The first-order valence-electron chi connectivity index (χ1n) is 9.67. The van der Waals surface area contributed by atoms with Gasteiger partial charge in [0.25, 0.3) is 5.91 Å². The lowest BCUT2D eigenvalue weighted by Gasteiger charge is -2.31. The summed E-state index contributed by atoms with van der Waals surface area (Å²) in [7, 11) is 0. The molecule has 2 aliphatic heterocycles. The molecule has 1 aromatic carbocycles. The molecule has 0 radical (unpaired) electrons. The molecule has 162 valence electrons.